The van der Waals surface area contributed by atoms with Gasteiger partial charge in [0.1, 0.15) is 5.75 Å². The minimum Gasteiger partial charge on any atom is -0.482 e. The van der Waals surface area contributed by atoms with Crippen molar-refractivity contribution in [2.24, 2.45) is 0 Å². The fourth-order valence-corrected chi connectivity index (χ4v) is 1.96. The summed E-state index contributed by atoms with van der Waals surface area (Å²) in [6, 6.07) is 7.58. The van der Waals surface area contributed by atoms with Crippen molar-refractivity contribution >= 4 is 11.7 Å². The Labute approximate surface area is 107 Å². The van der Waals surface area contributed by atoms with Gasteiger partial charge in [0.2, 0.25) is 0 Å². The number of hydrogen-bond donors (Lipinski definition) is 1. The quantitative estimate of drug-likeness (QED) is 0.860. The van der Waals surface area contributed by atoms with Gasteiger partial charge in [0.05, 0.1) is 0 Å². The lowest BCUT2D eigenvalue weighted by Crippen LogP contribution is -2.44. The van der Waals surface area contributed by atoms with E-state index in [1.807, 2.05) is 24.3 Å². The van der Waals surface area contributed by atoms with Crippen molar-refractivity contribution in [3.05, 3.63) is 24.3 Å². The highest BCUT2D eigenvalue weighted by atomic mass is 16.5. The van der Waals surface area contributed by atoms with Crippen LogP contribution in [0.25, 0.3) is 0 Å². The molecule has 1 aliphatic rings. The Hall–Kier alpha value is -1.75. The van der Waals surface area contributed by atoms with Crippen LogP contribution in [0.4, 0.5) is 5.69 Å². The molecule has 1 aliphatic heterocycles. The normalized spacial score (nSPS) is 16.6. The van der Waals surface area contributed by atoms with Gasteiger partial charge in [-0.3, -0.25) is 0 Å². The van der Waals surface area contributed by atoms with Crippen LogP contribution in [0.1, 0.15) is 0 Å². The number of rotatable bonds is 4. The maximum absolute atomic E-state index is 10.4. The molecular weight excluding hydrogens is 232 g/mol. The lowest BCUT2D eigenvalue weighted by atomic mass is 10.2. The molecule has 0 bridgehead atoms. The van der Waals surface area contributed by atoms with Crippen LogP contribution in [0, 0.1) is 0 Å². The first-order valence-electron chi connectivity index (χ1n) is 6.03. The van der Waals surface area contributed by atoms with Crippen LogP contribution < -0.4 is 9.64 Å². The molecule has 0 aliphatic carbocycles. The van der Waals surface area contributed by atoms with E-state index in [9.17, 15) is 4.79 Å². The summed E-state index contributed by atoms with van der Waals surface area (Å²) in [7, 11) is 2.13. The number of benzene rings is 1. The Balaban J connectivity index is 1.93. The number of anilines is 1. The first kappa shape index (κ1) is 12.7. The molecule has 0 saturated carbocycles. The van der Waals surface area contributed by atoms with Gasteiger partial charge in [-0.05, 0) is 31.3 Å². The number of likely N-dealkylation sites (N-methyl/N-ethyl adjacent to an activating group) is 1. The van der Waals surface area contributed by atoms with E-state index >= 15 is 0 Å². The zero-order valence-corrected chi connectivity index (χ0v) is 10.5. The lowest BCUT2D eigenvalue weighted by molar-refractivity contribution is -0.139. The van der Waals surface area contributed by atoms with Crippen molar-refractivity contribution in [3.63, 3.8) is 0 Å². The second-order valence-electron chi connectivity index (χ2n) is 4.47. The fraction of sp³-hybridized carbons (Fsp3) is 0.462. The van der Waals surface area contributed by atoms with Crippen LogP contribution in [-0.4, -0.2) is 55.8 Å². The number of ether oxygens (including phenoxy) is 1. The molecule has 0 spiro atoms. The Bertz CT molecular complexity index is 397. The summed E-state index contributed by atoms with van der Waals surface area (Å²) >= 11 is 0. The Kier molecular flexibility index (Phi) is 4.04. The van der Waals surface area contributed by atoms with E-state index in [1.54, 1.807) is 0 Å². The van der Waals surface area contributed by atoms with Crippen molar-refractivity contribution in [2.45, 2.75) is 0 Å². The van der Waals surface area contributed by atoms with Gasteiger partial charge in [-0.15, -0.1) is 0 Å². The molecule has 2 rings (SSSR count). The van der Waals surface area contributed by atoms with Gasteiger partial charge in [0.15, 0.2) is 6.61 Å². The van der Waals surface area contributed by atoms with Crippen molar-refractivity contribution < 1.29 is 14.6 Å². The molecule has 0 atom stereocenters. The topological polar surface area (TPSA) is 53.0 Å². The third kappa shape index (κ3) is 3.37. The smallest absolute Gasteiger partial charge is 0.341 e. The Morgan fingerprint density at radius 2 is 1.83 bits per heavy atom. The van der Waals surface area contributed by atoms with Crippen LogP contribution in [-0.2, 0) is 4.79 Å². The van der Waals surface area contributed by atoms with Gasteiger partial charge in [0.25, 0.3) is 0 Å². The van der Waals surface area contributed by atoms with Crippen LogP contribution in [0.5, 0.6) is 5.75 Å². The van der Waals surface area contributed by atoms with Crippen molar-refractivity contribution in [1.82, 2.24) is 4.90 Å². The van der Waals surface area contributed by atoms with E-state index in [0.717, 1.165) is 31.9 Å². The number of carbonyl (C=O) groups is 1. The predicted octanol–water partition coefficient (Wildman–Crippen LogP) is 0.902. The third-order valence-corrected chi connectivity index (χ3v) is 3.07. The van der Waals surface area contributed by atoms with E-state index in [0.29, 0.717) is 5.75 Å². The molecule has 0 aromatic heterocycles. The van der Waals surface area contributed by atoms with E-state index in [-0.39, 0.29) is 6.61 Å². The number of hydrogen-bond acceptors (Lipinski definition) is 4. The zero-order chi connectivity index (χ0) is 13.0. The van der Waals surface area contributed by atoms with Crippen molar-refractivity contribution in [2.75, 3.05) is 44.7 Å². The monoisotopic (exact) mass is 250 g/mol. The van der Waals surface area contributed by atoms with Crippen LogP contribution in [0.3, 0.4) is 0 Å². The second-order valence-corrected chi connectivity index (χ2v) is 4.47. The summed E-state index contributed by atoms with van der Waals surface area (Å²) in [5.74, 6) is -0.367. The highest BCUT2D eigenvalue weighted by Crippen LogP contribution is 2.20. The van der Waals surface area contributed by atoms with Gasteiger partial charge >= 0.3 is 5.97 Å². The SMILES string of the molecule is CN1CCN(c2ccc(OCC(=O)O)cc2)CC1. The summed E-state index contributed by atoms with van der Waals surface area (Å²) in [5.41, 5.74) is 1.16. The number of piperazine rings is 1. The average molecular weight is 250 g/mol. The molecule has 5 nitrogen and oxygen atoms in total. The molecule has 98 valence electrons. The zero-order valence-electron chi connectivity index (χ0n) is 10.5. The number of carboxylic acids is 1. The molecule has 1 N–H and O–H groups in total. The minimum atomic E-state index is -0.960. The summed E-state index contributed by atoms with van der Waals surface area (Å²) in [5, 5.41) is 8.52. The molecule has 1 aromatic carbocycles. The van der Waals surface area contributed by atoms with E-state index in [1.165, 1.54) is 0 Å². The molecule has 18 heavy (non-hydrogen) atoms. The van der Waals surface area contributed by atoms with Gasteiger partial charge < -0.3 is 19.6 Å². The Morgan fingerprint density at radius 1 is 1.22 bits per heavy atom. The second kappa shape index (κ2) is 5.73. The molecule has 0 amide bonds. The largest absolute Gasteiger partial charge is 0.482 e. The molecule has 1 fully saturated rings. The van der Waals surface area contributed by atoms with Crippen molar-refractivity contribution in [1.29, 1.82) is 0 Å². The summed E-state index contributed by atoms with van der Waals surface area (Å²) in [6.07, 6.45) is 0. The maximum Gasteiger partial charge on any atom is 0.341 e. The van der Waals surface area contributed by atoms with Gasteiger partial charge in [0, 0.05) is 31.9 Å². The Morgan fingerprint density at radius 3 is 2.39 bits per heavy atom. The van der Waals surface area contributed by atoms with Crippen LogP contribution in [0.2, 0.25) is 0 Å². The number of aliphatic carboxylic acids is 1. The highest BCUT2D eigenvalue weighted by molar-refractivity contribution is 5.68. The van der Waals surface area contributed by atoms with Gasteiger partial charge in [-0.25, -0.2) is 4.79 Å². The van der Waals surface area contributed by atoms with E-state index in [2.05, 4.69) is 16.8 Å². The summed E-state index contributed by atoms with van der Waals surface area (Å²) < 4.78 is 5.10. The number of nitrogens with zero attached hydrogens (tertiary/aromatic N) is 2. The first-order chi connectivity index (χ1) is 8.65. The molecule has 1 heterocycles. The maximum atomic E-state index is 10.4. The van der Waals surface area contributed by atoms with Crippen LogP contribution >= 0.6 is 0 Å². The molecule has 5 heteroatoms. The van der Waals surface area contributed by atoms with Crippen LogP contribution in [0.15, 0.2) is 24.3 Å². The van der Waals surface area contributed by atoms with Gasteiger partial charge in [-0.2, -0.15) is 0 Å². The minimum absolute atomic E-state index is 0.298. The third-order valence-electron chi connectivity index (χ3n) is 3.07. The van der Waals surface area contributed by atoms with Gasteiger partial charge in [-0.1, -0.05) is 0 Å². The van der Waals surface area contributed by atoms with E-state index < -0.39 is 5.97 Å². The molecular formula is C13H18N2O3. The molecule has 0 radical (unpaired) electrons. The molecule has 0 unspecified atom stereocenters. The molecule has 1 saturated heterocycles. The fourth-order valence-electron chi connectivity index (χ4n) is 1.96. The standard InChI is InChI=1S/C13H18N2O3/c1-14-6-8-15(9-7-14)11-2-4-12(5-3-11)18-10-13(16)17/h2-5H,6-10H2,1H3,(H,16,17). The highest BCUT2D eigenvalue weighted by Gasteiger charge is 2.13. The first-order valence-corrected chi connectivity index (χ1v) is 6.03. The molecule has 1 aromatic rings. The average Bonchev–Trinajstić information content (AvgIpc) is 2.38. The van der Waals surface area contributed by atoms with E-state index in [4.69, 9.17) is 9.84 Å². The predicted molar refractivity (Wildman–Crippen MR) is 69.3 cm³/mol. The lowest BCUT2D eigenvalue weighted by Gasteiger charge is -2.34. The number of carboxylic acid groups (broad SMARTS) is 1. The summed E-state index contributed by atoms with van der Waals surface area (Å²) in [4.78, 5) is 15.0. The van der Waals surface area contributed by atoms with Crippen molar-refractivity contribution in [3.8, 4) is 5.75 Å². The summed E-state index contributed by atoms with van der Waals surface area (Å²) in [6.45, 7) is 3.88.